The number of rotatable bonds is 7. The first-order chi connectivity index (χ1) is 21.5. The van der Waals surface area contributed by atoms with Crippen molar-refractivity contribution in [3.05, 3.63) is 136 Å². The molecule has 0 saturated carbocycles. The molecule has 5 rings (SSSR count). The van der Waals surface area contributed by atoms with Crippen molar-refractivity contribution in [2.75, 3.05) is 26.2 Å². The molecule has 0 bridgehead atoms. The molecule has 2 heterocycles. The van der Waals surface area contributed by atoms with E-state index in [1.807, 2.05) is 30.3 Å². The molecule has 4 aromatic rings. The number of nitrogens with zero attached hydrogens (tertiary/aromatic N) is 3. The van der Waals surface area contributed by atoms with Gasteiger partial charge in [-0.05, 0) is 47.0 Å². The van der Waals surface area contributed by atoms with Gasteiger partial charge < -0.3 is 19.9 Å². The van der Waals surface area contributed by atoms with Crippen molar-refractivity contribution in [3.63, 3.8) is 0 Å². The van der Waals surface area contributed by atoms with E-state index in [2.05, 4.69) is 10.3 Å². The summed E-state index contributed by atoms with van der Waals surface area (Å²) in [4.78, 5) is 33.9. The van der Waals surface area contributed by atoms with Crippen molar-refractivity contribution >= 4 is 23.7 Å². The highest BCUT2D eigenvalue weighted by Crippen LogP contribution is 2.38. The molecule has 0 unspecified atom stereocenters. The number of aromatic nitrogens is 1. The molecule has 1 N–H and O–H groups in total. The quantitative estimate of drug-likeness (QED) is 0.220. The summed E-state index contributed by atoms with van der Waals surface area (Å²) in [5, 5.41) is 3.18. The smallest absolute Gasteiger partial charge is 0.416 e. The molecule has 0 radical (unpaired) electrons. The first-order valence-electron chi connectivity index (χ1n) is 14.1. The second kappa shape index (κ2) is 13.6. The molecule has 1 aromatic heterocycles. The predicted octanol–water partition coefficient (Wildman–Crippen LogP) is 7.04. The SMILES string of the molecule is O=C(N[C@@](Cc1ccccc1)(c1cc(F)cc(C(F)(F)F)c1)c1ccc(Cl)cn1)N1CCN(C(=O)OCc2ccccc2)CC1. The lowest BCUT2D eigenvalue weighted by atomic mass is 9.79. The molecule has 0 spiro atoms. The highest BCUT2D eigenvalue weighted by molar-refractivity contribution is 6.30. The topological polar surface area (TPSA) is 74.8 Å². The second-order valence-electron chi connectivity index (χ2n) is 10.6. The van der Waals surface area contributed by atoms with Crippen molar-refractivity contribution < 1.29 is 31.9 Å². The zero-order valence-corrected chi connectivity index (χ0v) is 24.7. The van der Waals surface area contributed by atoms with Crippen LogP contribution in [0.25, 0.3) is 0 Å². The number of carbonyl (C=O) groups excluding carboxylic acids is 2. The molecule has 3 amide bonds. The van der Waals surface area contributed by atoms with Crippen molar-refractivity contribution in [3.8, 4) is 0 Å². The summed E-state index contributed by atoms with van der Waals surface area (Å²) in [6.07, 6.45) is -4.12. The number of alkyl halides is 3. The van der Waals surface area contributed by atoms with Crippen LogP contribution < -0.4 is 5.32 Å². The number of ether oxygens (including phenoxy) is 1. The number of hydrogen-bond donors (Lipinski definition) is 1. The van der Waals surface area contributed by atoms with E-state index in [0.717, 1.165) is 17.7 Å². The lowest BCUT2D eigenvalue weighted by Crippen LogP contribution is -2.58. The average Bonchev–Trinajstić information content (AvgIpc) is 3.04. The van der Waals surface area contributed by atoms with E-state index in [1.165, 1.54) is 28.1 Å². The van der Waals surface area contributed by atoms with Gasteiger partial charge in [0.25, 0.3) is 0 Å². The van der Waals surface area contributed by atoms with Crippen molar-refractivity contribution in [2.45, 2.75) is 24.7 Å². The van der Waals surface area contributed by atoms with Crippen LogP contribution in [0, 0.1) is 5.82 Å². The van der Waals surface area contributed by atoms with Gasteiger partial charge in [0, 0.05) is 38.8 Å². The van der Waals surface area contributed by atoms with Crippen molar-refractivity contribution in [2.24, 2.45) is 0 Å². The van der Waals surface area contributed by atoms with E-state index in [4.69, 9.17) is 16.3 Å². The fourth-order valence-electron chi connectivity index (χ4n) is 5.22. The number of piperazine rings is 1. The lowest BCUT2D eigenvalue weighted by molar-refractivity contribution is -0.137. The van der Waals surface area contributed by atoms with Crippen LogP contribution in [0.15, 0.2) is 97.2 Å². The molecule has 1 aliphatic heterocycles. The average molecular weight is 641 g/mol. The van der Waals surface area contributed by atoms with E-state index in [-0.39, 0.29) is 55.5 Å². The largest absolute Gasteiger partial charge is 0.445 e. The third-order valence-corrected chi connectivity index (χ3v) is 7.77. The van der Waals surface area contributed by atoms with Crippen molar-refractivity contribution in [1.29, 1.82) is 0 Å². The third kappa shape index (κ3) is 7.72. The molecule has 7 nitrogen and oxygen atoms in total. The van der Waals surface area contributed by atoms with Crippen LogP contribution in [0.2, 0.25) is 5.02 Å². The molecule has 12 heteroatoms. The third-order valence-electron chi connectivity index (χ3n) is 7.55. The predicted molar refractivity (Wildman–Crippen MR) is 160 cm³/mol. The van der Waals surface area contributed by atoms with Gasteiger partial charge in [-0.1, -0.05) is 72.3 Å². The summed E-state index contributed by atoms with van der Waals surface area (Å²) >= 11 is 6.09. The first kappa shape index (κ1) is 31.8. The molecular weight excluding hydrogens is 612 g/mol. The Morgan fingerprint density at radius 2 is 1.42 bits per heavy atom. The number of pyridine rings is 1. The number of amides is 3. The lowest BCUT2D eigenvalue weighted by Gasteiger charge is -2.40. The maximum Gasteiger partial charge on any atom is 0.416 e. The van der Waals surface area contributed by atoms with Crippen LogP contribution in [0.5, 0.6) is 0 Å². The monoisotopic (exact) mass is 640 g/mol. The maximum absolute atomic E-state index is 14.9. The van der Waals surface area contributed by atoms with Gasteiger partial charge in [-0.15, -0.1) is 0 Å². The van der Waals surface area contributed by atoms with E-state index >= 15 is 0 Å². The van der Waals surface area contributed by atoms with Gasteiger partial charge in [-0.2, -0.15) is 13.2 Å². The van der Waals surface area contributed by atoms with Crippen molar-refractivity contribution in [1.82, 2.24) is 20.1 Å². The molecule has 234 valence electrons. The second-order valence-corrected chi connectivity index (χ2v) is 11.0. The number of benzene rings is 3. The summed E-state index contributed by atoms with van der Waals surface area (Å²) in [5.41, 5.74) is -1.45. The minimum atomic E-state index is -4.85. The van der Waals surface area contributed by atoms with E-state index < -0.39 is 35.2 Å². The first-order valence-corrected chi connectivity index (χ1v) is 14.5. The van der Waals surface area contributed by atoms with Crippen LogP contribution in [-0.2, 0) is 29.5 Å². The number of carbonyl (C=O) groups is 2. The Bertz CT molecular complexity index is 1620. The fraction of sp³-hybridized carbons (Fsp3) is 0.242. The number of urea groups is 1. The zero-order chi connectivity index (χ0) is 32.0. The van der Waals surface area contributed by atoms with Gasteiger partial charge in [-0.3, -0.25) is 4.98 Å². The Morgan fingerprint density at radius 3 is 2.02 bits per heavy atom. The Kier molecular flexibility index (Phi) is 9.57. The molecular formula is C33H29ClF4N4O3. The van der Waals surface area contributed by atoms with Crippen LogP contribution in [0.4, 0.5) is 27.2 Å². The molecule has 1 saturated heterocycles. The van der Waals surface area contributed by atoms with Crippen LogP contribution in [-0.4, -0.2) is 53.1 Å². The highest BCUT2D eigenvalue weighted by Gasteiger charge is 2.42. The molecule has 1 atom stereocenters. The summed E-state index contributed by atoms with van der Waals surface area (Å²) in [6, 6.07) is 22.5. The van der Waals surface area contributed by atoms with Gasteiger partial charge in [0.05, 0.1) is 16.3 Å². The fourth-order valence-corrected chi connectivity index (χ4v) is 5.33. The normalized spacial score (nSPS) is 14.9. The van der Waals surface area contributed by atoms with E-state index in [9.17, 15) is 27.2 Å². The minimum absolute atomic E-state index is 0.0548. The summed E-state index contributed by atoms with van der Waals surface area (Å²) in [6.45, 7) is 0.690. The van der Waals surface area contributed by atoms with Gasteiger partial charge in [0.15, 0.2) is 0 Å². The Balaban J connectivity index is 1.44. The van der Waals surface area contributed by atoms with Gasteiger partial charge in [0.1, 0.15) is 18.0 Å². The van der Waals surface area contributed by atoms with E-state index in [1.54, 1.807) is 30.3 Å². The van der Waals surface area contributed by atoms with Crippen LogP contribution >= 0.6 is 11.6 Å². The summed E-state index contributed by atoms with van der Waals surface area (Å²) in [5.74, 6) is -1.12. The van der Waals surface area contributed by atoms with Gasteiger partial charge >= 0.3 is 18.3 Å². The summed E-state index contributed by atoms with van der Waals surface area (Å²) in [7, 11) is 0. The Labute approximate surface area is 262 Å². The molecule has 1 aliphatic rings. The van der Waals surface area contributed by atoms with Gasteiger partial charge in [0.2, 0.25) is 0 Å². The molecule has 3 aromatic carbocycles. The molecule has 45 heavy (non-hydrogen) atoms. The molecule has 1 fully saturated rings. The summed E-state index contributed by atoms with van der Waals surface area (Å²) < 4.78 is 61.9. The molecule has 0 aliphatic carbocycles. The number of hydrogen-bond acceptors (Lipinski definition) is 4. The number of nitrogens with one attached hydrogen (secondary N) is 1. The highest BCUT2D eigenvalue weighted by atomic mass is 35.5. The van der Waals surface area contributed by atoms with E-state index in [0.29, 0.717) is 11.6 Å². The van der Waals surface area contributed by atoms with Crippen LogP contribution in [0.1, 0.15) is 27.9 Å². The van der Waals surface area contributed by atoms with Crippen LogP contribution in [0.3, 0.4) is 0 Å². The van der Waals surface area contributed by atoms with Gasteiger partial charge in [-0.25, -0.2) is 14.0 Å². The number of halogens is 5. The zero-order valence-electron chi connectivity index (χ0n) is 23.9. The minimum Gasteiger partial charge on any atom is -0.445 e. The Morgan fingerprint density at radius 1 is 0.822 bits per heavy atom. The maximum atomic E-state index is 14.9. The Hall–Kier alpha value is -4.64. The standard InChI is InChI=1S/C33H29ClF4N4O3/c34-27-11-12-29(39-21-27)32(20-23-7-3-1-4-8-23,25-17-26(33(36,37)38)19-28(35)18-25)40-30(43)41-13-15-42(16-14-41)31(44)45-22-24-9-5-2-6-10-24/h1-12,17-19,21H,13-16,20,22H2,(H,40,43)/t32-/m0/s1.